The van der Waals surface area contributed by atoms with Gasteiger partial charge < -0.3 is 19.5 Å². The van der Waals surface area contributed by atoms with E-state index in [1.807, 2.05) is 49.9 Å². The third kappa shape index (κ3) is 4.02. The lowest BCUT2D eigenvalue weighted by molar-refractivity contribution is 0.0621. The second-order valence-corrected chi connectivity index (χ2v) is 7.29. The molecule has 2 aromatic rings. The molecule has 0 saturated carbocycles. The van der Waals surface area contributed by atoms with Crippen LogP contribution in [0.3, 0.4) is 0 Å². The van der Waals surface area contributed by atoms with Crippen LogP contribution in [0.5, 0.6) is 5.75 Å². The first-order valence-electron chi connectivity index (χ1n) is 8.53. The van der Waals surface area contributed by atoms with Crippen LogP contribution in [0.2, 0.25) is 0 Å². The summed E-state index contributed by atoms with van der Waals surface area (Å²) in [6, 6.07) is 9.46. The standard InChI is InChI=1S/C19H25N3O3.ClH/c1-19(2,3)17-11-14(21-25-17)18(23)22-10-9-20-12-15(22)13-7-5-6-8-16(13)24-4;/h5-8,11,15,20H,9-10,12H2,1-4H3;1H. The van der Waals surface area contributed by atoms with Crippen molar-refractivity contribution in [1.82, 2.24) is 15.4 Å². The van der Waals surface area contributed by atoms with Gasteiger partial charge >= 0.3 is 0 Å². The van der Waals surface area contributed by atoms with Gasteiger partial charge in [0.1, 0.15) is 11.5 Å². The molecule has 1 saturated heterocycles. The number of aromatic nitrogens is 1. The van der Waals surface area contributed by atoms with E-state index in [2.05, 4.69) is 10.5 Å². The van der Waals surface area contributed by atoms with Crippen molar-refractivity contribution in [1.29, 1.82) is 0 Å². The molecular weight excluding hydrogens is 354 g/mol. The van der Waals surface area contributed by atoms with Crippen molar-refractivity contribution in [2.45, 2.75) is 32.2 Å². The number of carbonyl (C=O) groups excluding carboxylic acids is 1. The minimum Gasteiger partial charge on any atom is -0.496 e. The number of hydrogen-bond acceptors (Lipinski definition) is 5. The zero-order valence-electron chi connectivity index (χ0n) is 15.6. The van der Waals surface area contributed by atoms with Crippen LogP contribution in [0.25, 0.3) is 0 Å². The first kappa shape index (κ1) is 20.3. The Morgan fingerprint density at radius 1 is 1.35 bits per heavy atom. The van der Waals surface area contributed by atoms with Crippen molar-refractivity contribution in [2.75, 3.05) is 26.7 Å². The van der Waals surface area contributed by atoms with E-state index in [-0.39, 0.29) is 29.8 Å². The Kier molecular flexibility index (Phi) is 6.31. The molecule has 1 aliphatic heterocycles. The summed E-state index contributed by atoms with van der Waals surface area (Å²) in [5.74, 6) is 1.38. The van der Waals surface area contributed by atoms with E-state index < -0.39 is 0 Å². The van der Waals surface area contributed by atoms with Gasteiger partial charge in [-0.3, -0.25) is 4.79 Å². The number of piperazine rings is 1. The molecule has 142 valence electrons. The van der Waals surface area contributed by atoms with Crippen LogP contribution in [-0.4, -0.2) is 42.7 Å². The molecule has 0 spiro atoms. The second kappa shape index (κ2) is 8.10. The Balaban J connectivity index is 0.00000243. The molecular formula is C19H26ClN3O3. The van der Waals surface area contributed by atoms with Crippen LogP contribution in [0.1, 0.15) is 48.6 Å². The molecule has 1 aromatic heterocycles. The third-order valence-electron chi connectivity index (χ3n) is 4.47. The zero-order chi connectivity index (χ0) is 18.0. The summed E-state index contributed by atoms with van der Waals surface area (Å²) in [4.78, 5) is 14.9. The normalized spacial score (nSPS) is 17.5. The Morgan fingerprint density at radius 2 is 2.08 bits per heavy atom. The van der Waals surface area contributed by atoms with Crippen molar-refractivity contribution in [3.05, 3.63) is 47.3 Å². The number of hydrogen-bond donors (Lipinski definition) is 1. The molecule has 7 heteroatoms. The molecule has 6 nitrogen and oxygen atoms in total. The van der Waals surface area contributed by atoms with Crippen LogP contribution >= 0.6 is 12.4 Å². The number of benzene rings is 1. The van der Waals surface area contributed by atoms with Crippen molar-refractivity contribution in [2.24, 2.45) is 0 Å². The Bertz CT molecular complexity index is 754. The lowest BCUT2D eigenvalue weighted by Crippen LogP contribution is -2.48. The van der Waals surface area contributed by atoms with Crippen LogP contribution in [0, 0.1) is 0 Å². The third-order valence-corrected chi connectivity index (χ3v) is 4.47. The van der Waals surface area contributed by atoms with E-state index >= 15 is 0 Å². The minimum absolute atomic E-state index is 0. The van der Waals surface area contributed by atoms with Gasteiger partial charge in [-0.2, -0.15) is 0 Å². The van der Waals surface area contributed by atoms with Crippen molar-refractivity contribution >= 4 is 18.3 Å². The second-order valence-electron chi connectivity index (χ2n) is 7.29. The maximum Gasteiger partial charge on any atom is 0.276 e. The maximum absolute atomic E-state index is 13.1. The summed E-state index contributed by atoms with van der Waals surface area (Å²) in [6.07, 6.45) is 0. The fraction of sp³-hybridized carbons (Fsp3) is 0.474. The van der Waals surface area contributed by atoms with Gasteiger partial charge in [-0.1, -0.05) is 44.1 Å². The van der Waals surface area contributed by atoms with Gasteiger partial charge in [0, 0.05) is 36.7 Å². The zero-order valence-corrected chi connectivity index (χ0v) is 16.4. The molecule has 3 rings (SSSR count). The first-order valence-corrected chi connectivity index (χ1v) is 8.53. The van der Waals surface area contributed by atoms with E-state index in [4.69, 9.17) is 9.26 Å². The number of nitrogens with one attached hydrogen (secondary N) is 1. The molecule has 26 heavy (non-hydrogen) atoms. The van der Waals surface area contributed by atoms with Gasteiger partial charge in [-0.05, 0) is 6.07 Å². The summed E-state index contributed by atoms with van der Waals surface area (Å²) in [7, 11) is 1.65. The highest BCUT2D eigenvalue weighted by Crippen LogP contribution is 2.31. The smallest absolute Gasteiger partial charge is 0.276 e. The Morgan fingerprint density at radius 3 is 2.73 bits per heavy atom. The number of rotatable bonds is 3. The summed E-state index contributed by atoms with van der Waals surface area (Å²) < 4.78 is 10.9. The number of carbonyl (C=O) groups is 1. The van der Waals surface area contributed by atoms with Gasteiger partial charge in [-0.25, -0.2) is 0 Å². The fourth-order valence-corrected chi connectivity index (χ4v) is 3.04. The number of para-hydroxylation sites is 1. The highest BCUT2D eigenvalue weighted by molar-refractivity contribution is 5.92. The number of amides is 1. The topological polar surface area (TPSA) is 67.6 Å². The minimum atomic E-state index is -0.183. The van der Waals surface area contributed by atoms with Crippen molar-refractivity contribution in [3.8, 4) is 5.75 Å². The van der Waals surface area contributed by atoms with Crippen LogP contribution in [0.15, 0.2) is 34.9 Å². The number of nitrogens with zero attached hydrogens (tertiary/aromatic N) is 2. The Hall–Kier alpha value is -2.05. The molecule has 2 heterocycles. The van der Waals surface area contributed by atoms with Crippen molar-refractivity contribution in [3.63, 3.8) is 0 Å². The van der Waals surface area contributed by atoms with Gasteiger partial charge in [0.2, 0.25) is 0 Å². The molecule has 0 aliphatic carbocycles. The lowest BCUT2D eigenvalue weighted by atomic mass is 9.93. The number of halogens is 1. The molecule has 0 radical (unpaired) electrons. The summed E-state index contributed by atoms with van der Waals surface area (Å²) in [5.41, 5.74) is 1.16. The van der Waals surface area contributed by atoms with Crippen LogP contribution in [0.4, 0.5) is 0 Å². The predicted molar refractivity (Wildman–Crippen MR) is 102 cm³/mol. The number of methoxy groups -OCH3 is 1. The maximum atomic E-state index is 13.1. The van der Waals surface area contributed by atoms with Crippen molar-refractivity contribution < 1.29 is 14.1 Å². The van der Waals surface area contributed by atoms with Gasteiger partial charge in [0.15, 0.2) is 5.69 Å². The van der Waals surface area contributed by atoms with Crippen LogP contribution < -0.4 is 10.1 Å². The van der Waals surface area contributed by atoms with Crippen LogP contribution in [-0.2, 0) is 5.41 Å². The molecule has 1 N–H and O–H groups in total. The monoisotopic (exact) mass is 379 g/mol. The Labute approximate surface area is 160 Å². The van der Waals surface area contributed by atoms with E-state index in [0.29, 0.717) is 24.5 Å². The van der Waals surface area contributed by atoms with E-state index in [1.165, 1.54) is 0 Å². The van der Waals surface area contributed by atoms with E-state index in [9.17, 15) is 4.79 Å². The SMILES string of the molecule is COc1ccccc1C1CNCCN1C(=O)c1cc(C(C)(C)C)on1.Cl. The molecule has 1 aromatic carbocycles. The fourth-order valence-electron chi connectivity index (χ4n) is 3.04. The average molecular weight is 380 g/mol. The van der Waals surface area contributed by atoms with E-state index in [0.717, 1.165) is 17.9 Å². The summed E-state index contributed by atoms with van der Waals surface area (Å²) >= 11 is 0. The van der Waals surface area contributed by atoms with Gasteiger partial charge in [0.05, 0.1) is 13.2 Å². The molecule has 1 aliphatic rings. The predicted octanol–water partition coefficient (Wildman–Crippen LogP) is 3.19. The highest BCUT2D eigenvalue weighted by Gasteiger charge is 2.32. The van der Waals surface area contributed by atoms with Gasteiger partial charge in [-0.15, -0.1) is 12.4 Å². The molecule has 1 unspecified atom stereocenters. The molecule has 1 fully saturated rings. The first-order chi connectivity index (χ1) is 11.9. The number of ether oxygens (including phenoxy) is 1. The highest BCUT2D eigenvalue weighted by atomic mass is 35.5. The molecule has 0 bridgehead atoms. The van der Waals surface area contributed by atoms with Gasteiger partial charge in [0.25, 0.3) is 5.91 Å². The average Bonchev–Trinajstić information content (AvgIpc) is 3.11. The summed E-state index contributed by atoms with van der Waals surface area (Å²) in [6.45, 7) is 8.13. The largest absolute Gasteiger partial charge is 0.496 e. The summed E-state index contributed by atoms with van der Waals surface area (Å²) in [5, 5.41) is 7.37. The quantitative estimate of drug-likeness (QED) is 0.887. The molecule has 1 amide bonds. The lowest BCUT2D eigenvalue weighted by Gasteiger charge is -2.36. The van der Waals surface area contributed by atoms with E-state index in [1.54, 1.807) is 13.2 Å². The molecule has 1 atom stereocenters.